The number of hydrogen-bond donors (Lipinski definition) is 1. The van der Waals surface area contributed by atoms with Crippen molar-refractivity contribution in [2.45, 2.75) is 37.8 Å². The first-order valence-electron chi connectivity index (χ1n) is 8.90. The molecule has 27 heavy (non-hydrogen) atoms. The Kier molecular flexibility index (Phi) is 8.20. The van der Waals surface area contributed by atoms with Crippen LogP contribution < -0.4 is 5.32 Å². The van der Waals surface area contributed by atoms with E-state index in [1.165, 1.54) is 11.8 Å². The molecule has 0 aromatic heterocycles. The first-order valence-corrected chi connectivity index (χ1v) is 10.3. The molecule has 144 valence electrons. The second-order valence-corrected chi connectivity index (χ2v) is 7.71. The van der Waals surface area contributed by atoms with Crippen molar-refractivity contribution in [2.75, 3.05) is 12.8 Å². The van der Waals surface area contributed by atoms with Crippen LogP contribution in [0.4, 0.5) is 0 Å². The molecule has 2 rings (SSSR count). The van der Waals surface area contributed by atoms with Crippen LogP contribution in [-0.2, 0) is 16.1 Å². The third-order valence-corrected chi connectivity index (χ3v) is 5.66. The zero-order valence-electron chi connectivity index (χ0n) is 15.9. The Bertz CT molecular complexity index is 780. The number of amides is 2. The molecule has 2 amide bonds. The van der Waals surface area contributed by atoms with Crippen LogP contribution in [0.3, 0.4) is 0 Å². The zero-order chi connectivity index (χ0) is 19.8. The lowest BCUT2D eigenvalue weighted by atomic mass is 10.1. The highest BCUT2D eigenvalue weighted by molar-refractivity contribution is 8.00. The molecule has 0 fully saturated rings. The molecule has 0 unspecified atom stereocenters. The minimum atomic E-state index is -0.493. The topological polar surface area (TPSA) is 49.4 Å². The lowest BCUT2D eigenvalue weighted by Crippen LogP contribution is -2.48. The third kappa shape index (κ3) is 6.01. The van der Waals surface area contributed by atoms with Gasteiger partial charge in [-0.3, -0.25) is 9.59 Å². The van der Waals surface area contributed by atoms with Crippen molar-refractivity contribution >= 4 is 35.2 Å². The standard InChI is InChI=1S/C21H25ClN2O2S/c1-4-19(21(26)23-3)24(13-16-8-6-5-7-15(16)2)20(25)14-27-18-11-9-17(22)10-12-18/h5-12,19H,4,13-14H2,1-3H3,(H,23,26)/t19-/m0/s1. The van der Waals surface area contributed by atoms with Gasteiger partial charge in [-0.05, 0) is 48.7 Å². The minimum absolute atomic E-state index is 0.0614. The fourth-order valence-corrected chi connectivity index (χ4v) is 3.73. The number of nitrogens with one attached hydrogen (secondary N) is 1. The predicted molar refractivity (Wildman–Crippen MR) is 112 cm³/mol. The van der Waals surface area contributed by atoms with Gasteiger partial charge in [-0.25, -0.2) is 0 Å². The smallest absolute Gasteiger partial charge is 0.242 e. The Balaban J connectivity index is 2.19. The number of thioether (sulfide) groups is 1. The van der Waals surface area contributed by atoms with Gasteiger partial charge in [0.25, 0.3) is 0 Å². The van der Waals surface area contributed by atoms with Gasteiger partial charge in [-0.1, -0.05) is 42.8 Å². The van der Waals surface area contributed by atoms with Gasteiger partial charge in [0.05, 0.1) is 5.75 Å². The van der Waals surface area contributed by atoms with Crippen LogP contribution in [0.25, 0.3) is 0 Å². The molecular weight excluding hydrogens is 380 g/mol. The Morgan fingerprint density at radius 3 is 2.41 bits per heavy atom. The van der Waals surface area contributed by atoms with E-state index in [1.807, 2.05) is 50.2 Å². The average molecular weight is 405 g/mol. The average Bonchev–Trinajstić information content (AvgIpc) is 2.68. The molecule has 0 aliphatic rings. The minimum Gasteiger partial charge on any atom is -0.357 e. The SMILES string of the molecule is CC[C@@H](C(=O)NC)N(Cc1ccccc1C)C(=O)CSc1ccc(Cl)cc1. The number of hydrogen-bond acceptors (Lipinski definition) is 3. The summed E-state index contributed by atoms with van der Waals surface area (Å²) in [6, 6.07) is 14.8. The molecule has 2 aromatic rings. The number of benzene rings is 2. The van der Waals surface area contributed by atoms with Gasteiger partial charge >= 0.3 is 0 Å². The molecule has 0 bridgehead atoms. The molecule has 0 aliphatic heterocycles. The van der Waals surface area contributed by atoms with E-state index in [0.29, 0.717) is 18.0 Å². The van der Waals surface area contributed by atoms with E-state index < -0.39 is 6.04 Å². The normalized spacial score (nSPS) is 11.7. The molecular formula is C21H25ClN2O2S. The van der Waals surface area contributed by atoms with E-state index in [2.05, 4.69) is 5.32 Å². The van der Waals surface area contributed by atoms with E-state index in [-0.39, 0.29) is 17.6 Å². The molecule has 1 N–H and O–H groups in total. The van der Waals surface area contributed by atoms with Crippen molar-refractivity contribution in [2.24, 2.45) is 0 Å². The van der Waals surface area contributed by atoms with Gasteiger partial charge < -0.3 is 10.2 Å². The van der Waals surface area contributed by atoms with Gasteiger partial charge in [0, 0.05) is 23.5 Å². The summed E-state index contributed by atoms with van der Waals surface area (Å²) in [5.74, 6) is 0.0608. The molecule has 6 heteroatoms. The first kappa shape index (κ1) is 21.3. The van der Waals surface area contributed by atoms with E-state index in [1.54, 1.807) is 24.1 Å². The Morgan fingerprint density at radius 2 is 1.81 bits per heavy atom. The summed E-state index contributed by atoms with van der Waals surface area (Å²) in [5, 5.41) is 3.34. The second kappa shape index (κ2) is 10.4. The largest absolute Gasteiger partial charge is 0.357 e. The molecule has 0 radical (unpaired) electrons. The number of likely N-dealkylation sites (N-methyl/N-ethyl adjacent to an activating group) is 1. The number of halogens is 1. The van der Waals surface area contributed by atoms with Crippen molar-refractivity contribution in [3.63, 3.8) is 0 Å². The molecule has 2 aromatic carbocycles. The van der Waals surface area contributed by atoms with Crippen LogP contribution in [-0.4, -0.2) is 35.6 Å². The lowest BCUT2D eigenvalue weighted by Gasteiger charge is -2.30. The van der Waals surface area contributed by atoms with Gasteiger partial charge in [-0.15, -0.1) is 11.8 Å². The van der Waals surface area contributed by atoms with Crippen LogP contribution in [0, 0.1) is 6.92 Å². The monoisotopic (exact) mass is 404 g/mol. The van der Waals surface area contributed by atoms with Gasteiger partial charge in [0.1, 0.15) is 6.04 Å². The van der Waals surface area contributed by atoms with E-state index in [0.717, 1.165) is 16.0 Å². The summed E-state index contributed by atoms with van der Waals surface area (Å²) < 4.78 is 0. The van der Waals surface area contributed by atoms with Crippen LogP contribution in [0.5, 0.6) is 0 Å². The number of carbonyl (C=O) groups is 2. The van der Waals surface area contributed by atoms with Gasteiger partial charge in [0.15, 0.2) is 0 Å². The van der Waals surface area contributed by atoms with Crippen LogP contribution in [0.2, 0.25) is 5.02 Å². The second-order valence-electron chi connectivity index (χ2n) is 6.23. The van der Waals surface area contributed by atoms with E-state index in [4.69, 9.17) is 11.6 Å². The van der Waals surface area contributed by atoms with Crippen molar-refractivity contribution in [1.82, 2.24) is 10.2 Å². The first-order chi connectivity index (χ1) is 13.0. The fraction of sp³-hybridized carbons (Fsp3) is 0.333. The van der Waals surface area contributed by atoms with Crippen LogP contribution in [0.1, 0.15) is 24.5 Å². The Labute approximate surface area is 170 Å². The number of rotatable bonds is 8. The zero-order valence-corrected chi connectivity index (χ0v) is 17.4. The van der Waals surface area contributed by atoms with Crippen LogP contribution in [0.15, 0.2) is 53.4 Å². The molecule has 1 atom stereocenters. The predicted octanol–water partition coefficient (Wildman–Crippen LogP) is 4.29. The quantitative estimate of drug-likeness (QED) is 0.667. The maximum Gasteiger partial charge on any atom is 0.242 e. The van der Waals surface area contributed by atoms with Gasteiger partial charge in [0.2, 0.25) is 11.8 Å². The molecule has 0 spiro atoms. The number of carbonyl (C=O) groups excluding carboxylic acids is 2. The van der Waals surface area contributed by atoms with E-state index >= 15 is 0 Å². The maximum absolute atomic E-state index is 13.0. The summed E-state index contributed by atoms with van der Waals surface area (Å²) in [5.41, 5.74) is 2.15. The fourth-order valence-electron chi connectivity index (χ4n) is 2.82. The van der Waals surface area contributed by atoms with Crippen molar-refractivity contribution in [1.29, 1.82) is 0 Å². The summed E-state index contributed by atoms with van der Waals surface area (Å²) in [4.78, 5) is 28.0. The van der Waals surface area contributed by atoms with E-state index in [9.17, 15) is 9.59 Å². The summed E-state index contributed by atoms with van der Waals surface area (Å²) >= 11 is 7.36. The third-order valence-electron chi connectivity index (χ3n) is 4.41. The number of aryl methyl sites for hydroxylation is 1. The molecule has 0 heterocycles. The summed E-state index contributed by atoms with van der Waals surface area (Å²) in [7, 11) is 1.60. The highest BCUT2D eigenvalue weighted by Gasteiger charge is 2.28. The Morgan fingerprint density at radius 1 is 1.15 bits per heavy atom. The molecule has 0 saturated heterocycles. The van der Waals surface area contributed by atoms with Crippen molar-refractivity contribution < 1.29 is 9.59 Å². The molecule has 0 aliphatic carbocycles. The number of nitrogens with zero attached hydrogens (tertiary/aromatic N) is 1. The maximum atomic E-state index is 13.0. The van der Waals surface area contributed by atoms with Gasteiger partial charge in [-0.2, -0.15) is 0 Å². The highest BCUT2D eigenvalue weighted by atomic mass is 35.5. The Hall–Kier alpha value is -1.98. The lowest BCUT2D eigenvalue weighted by molar-refractivity contribution is -0.139. The summed E-state index contributed by atoms with van der Waals surface area (Å²) in [6.07, 6.45) is 0.558. The molecule has 4 nitrogen and oxygen atoms in total. The summed E-state index contributed by atoms with van der Waals surface area (Å²) in [6.45, 7) is 4.35. The van der Waals surface area contributed by atoms with Crippen molar-refractivity contribution in [3.05, 3.63) is 64.7 Å². The molecule has 0 saturated carbocycles. The van der Waals surface area contributed by atoms with Crippen molar-refractivity contribution in [3.8, 4) is 0 Å². The van der Waals surface area contributed by atoms with Crippen LogP contribution >= 0.6 is 23.4 Å². The highest BCUT2D eigenvalue weighted by Crippen LogP contribution is 2.22.